The zero-order valence-corrected chi connectivity index (χ0v) is 33.6. The van der Waals surface area contributed by atoms with Crippen LogP contribution in [0.15, 0.2) is 30.3 Å². The van der Waals surface area contributed by atoms with Crippen LogP contribution in [0.1, 0.15) is 160 Å². The summed E-state index contributed by atoms with van der Waals surface area (Å²) in [5.41, 5.74) is 2.99. The Morgan fingerprint density at radius 1 is 0.660 bits per heavy atom. The third-order valence-corrected chi connectivity index (χ3v) is 14.2. The number of benzene rings is 1. The lowest BCUT2D eigenvalue weighted by Gasteiger charge is -2.58. The second-order valence-corrected chi connectivity index (χ2v) is 21.0. The van der Waals surface area contributed by atoms with E-state index in [1.165, 1.54) is 63.4 Å². The Labute approximate surface area is 293 Å². The third kappa shape index (κ3) is 9.46. The highest BCUT2D eigenvalue weighted by Gasteiger charge is 2.49. The first-order valence-electron chi connectivity index (χ1n) is 19.8. The SMILES string of the molecule is CC1CC(C2CC(C)(C)N(C)C(C)(C)C2)CCC1O.CC1CC(C2CC(C)(C)N(Cc3ccccc3)C(C)(C)C2)CC(C(C)(C)C)C1. The van der Waals surface area contributed by atoms with Gasteiger partial charge in [-0.2, -0.15) is 0 Å². The van der Waals surface area contributed by atoms with Crippen LogP contribution in [0.25, 0.3) is 0 Å². The van der Waals surface area contributed by atoms with Crippen LogP contribution < -0.4 is 0 Å². The monoisotopic (exact) mass is 651 g/mol. The van der Waals surface area contributed by atoms with Crippen LogP contribution >= 0.6 is 0 Å². The minimum absolute atomic E-state index is 0.0523. The van der Waals surface area contributed by atoms with Gasteiger partial charge in [-0.1, -0.05) is 65.0 Å². The van der Waals surface area contributed by atoms with E-state index >= 15 is 0 Å². The summed E-state index contributed by atoms with van der Waals surface area (Å²) < 4.78 is 0. The van der Waals surface area contributed by atoms with Gasteiger partial charge in [-0.15, -0.1) is 0 Å². The summed E-state index contributed by atoms with van der Waals surface area (Å²) in [6.07, 6.45) is 13.0. The van der Waals surface area contributed by atoms with Crippen LogP contribution in [-0.4, -0.2) is 50.2 Å². The molecule has 270 valence electrons. The number of rotatable bonds is 4. The lowest BCUT2D eigenvalue weighted by molar-refractivity contribution is -0.0802. The number of hydrogen-bond acceptors (Lipinski definition) is 3. The molecule has 3 nitrogen and oxygen atoms in total. The average molecular weight is 651 g/mol. The topological polar surface area (TPSA) is 26.7 Å². The van der Waals surface area contributed by atoms with Gasteiger partial charge in [0.2, 0.25) is 0 Å². The van der Waals surface area contributed by atoms with Crippen molar-refractivity contribution in [2.45, 2.75) is 189 Å². The molecule has 2 aliphatic heterocycles. The molecular weight excluding hydrogens is 572 g/mol. The van der Waals surface area contributed by atoms with E-state index in [0.717, 1.165) is 48.5 Å². The van der Waals surface area contributed by atoms with Gasteiger partial charge in [-0.3, -0.25) is 9.80 Å². The fourth-order valence-electron chi connectivity index (χ4n) is 11.3. The lowest BCUT2D eigenvalue weighted by atomic mass is 9.59. The second-order valence-electron chi connectivity index (χ2n) is 21.0. The minimum atomic E-state index is -0.0523. The van der Waals surface area contributed by atoms with Crippen LogP contribution in [0, 0.1) is 46.8 Å². The normalized spacial score (nSPS) is 35.1. The zero-order valence-electron chi connectivity index (χ0n) is 33.6. The van der Waals surface area contributed by atoms with Gasteiger partial charge in [-0.05, 0) is 179 Å². The standard InChI is InChI=1S/C27H45N.C17H33NO/c1-20-14-22(16-24(15-20)25(2,3)4)23-17-26(5,6)28(27(7,8)18-23)19-21-12-10-9-11-13-21;1-12-9-13(7-8-15(12)19)14-10-16(2,3)18(6)17(4,5)11-14/h9-13,20,22-24H,14-19H2,1-8H3;12-15,19H,7-11H2,1-6H3. The van der Waals surface area contributed by atoms with E-state index in [2.05, 4.69) is 137 Å². The molecule has 0 aromatic heterocycles. The fourth-order valence-corrected chi connectivity index (χ4v) is 11.3. The van der Waals surface area contributed by atoms with Gasteiger partial charge in [-0.25, -0.2) is 0 Å². The smallest absolute Gasteiger partial charge is 0.0566 e. The van der Waals surface area contributed by atoms with E-state index in [-0.39, 0.29) is 17.2 Å². The molecular formula is C44H78N2O. The third-order valence-electron chi connectivity index (χ3n) is 14.2. The summed E-state index contributed by atoms with van der Waals surface area (Å²) in [6.45, 7) is 32.7. The van der Waals surface area contributed by atoms with Crippen molar-refractivity contribution in [1.82, 2.24) is 9.80 Å². The summed E-state index contributed by atoms with van der Waals surface area (Å²) in [5.74, 6) is 5.69. The highest BCUT2D eigenvalue weighted by atomic mass is 16.3. The highest BCUT2D eigenvalue weighted by Crippen LogP contribution is 2.52. The van der Waals surface area contributed by atoms with Crippen LogP contribution in [0.5, 0.6) is 0 Å². The Morgan fingerprint density at radius 3 is 1.68 bits per heavy atom. The maximum atomic E-state index is 9.93. The minimum Gasteiger partial charge on any atom is -0.393 e. The van der Waals surface area contributed by atoms with Crippen molar-refractivity contribution in [3.8, 4) is 0 Å². The number of aliphatic hydroxyl groups excluding tert-OH is 1. The molecule has 0 radical (unpaired) electrons. The van der Waals surface area contributed by atoms with E-state index in [0.29, 0.717) is 22.4 Å². The highest BCUT2D eigenvalue weighted by molar-refractivity contribution is 5.16. The van der Waals surface area contributed by atoms with Gasteiger partial charge in [0.05, 0.1) is 6.10 Å². The molecule has 4 aliphatic rings. The summed E-state index contributed by atoms with van der Waals surface area (Å²) in [5, 5.41) is 9.93. The van der Waals surface area contributed by atoms with Crippen molar-refractivity contribution in [2.75, 3.05) is 7.05 Å². The lowest BCUT2D eigenvalue weighted by Crippen LogP contribution is -2.61. The van der Waals surface area contributed by atoms with Crippen molar-refractivity contribution in [2.24, 2.45) is 46.8 Å². The molecule has 1 N–H and O–H groups in total. The van der Waals surface area contributed by atoms with Crippen LogP contribution in [0.4, 0.5) is 0 Å². The van der Waals surface area contributed by atoms with Crippen LogP contribution in [-0.2, 0) is 6.54 Å². The Bertz CT molecular complexity index is 1090. The first-order chi connectivity index (χ1) is 21.5. The largest absolute Gasteiger partial charge is 0.393 e. The molecule has 2 aliphatic carbocycles. The molecule has 0 amide bonds. The molecule has 4 fully saturated rings. The second kappa shape index (κ2) is 14.4. The number of aliphatic hydroxyl groups is 1. The van der Waals surface area contributed by atoms with Crippen molar-refractivity contribution >= 4 is 0 Å². The molecule has 6 atom stereocenters. The van der Waals surface area contributed by atoms with Gasteiger partial charge >= 0.3 is 0 Å². The molecule has 47 heavy (non-hydrogen) atoms. The molecule has 1 aromatic rings. The summed E-state index contributed by atoms with van der Waals surface area (Å²) in [4.78, 5) is 5.36. The maximum Gasteiger partial charge on any atom is 0.0566 e. The number of hydrogen-bond donors (Lipinski definition) is 1. The quantitative estimate of drug-likeness (QED) is 0.351. The number of likely N-dealkylation sites (tertiary alicyclic amines) is 2. The van der Waals surface area contributed by atoms with Crippen molar-refractivity contribution in [3.63, 3.8) is 0 Å². The van der Waals surface area contributed by atoms with E-state index in [4.69, 9.17) is 0 Å². The Kier molecular flexibility index (Phi) is 11.9. The molecule has 0 bridgehead atoms. The van der Waals surface area contributed by atoms with Crippen molar-refractivity contribution in [3.05, 3.63) is 35.9 Å². The molecule has 3 heteroatoms. The van der Waals surface area contributed by atoms with Crippen LogP contribution in [0.3, 0.4) is 0 Å². The van der Waals surface area contributed by atoms with E-state index in [1.807, 2.05) is 0 Å². The maximum absolute atomic E-state index is 9.93. The molecule has 5 rings (SSSR count). The summed E-state index contributed by atoms with van der Waals surface area (Å²) in [7, 11) is 2.28. The van der Waals surface area contributed by atoms with E-state index < -0.39 is 0 Å². The van der Waals surface area contributed by atoms with Crippen LogP contribution in [0.2, 0.25) is 0 Å². The van der Waals surface area contributed by atoms with Gasteiger partial charge in [0.1, 0.15) is 0 Å². The van der Waals surface area contributed by atoms with Gasteiger partial charge < -0.3 is 5.11 Å². The molecule has 0 spiro atoms. The fraction of sp³-hybridized carbons (Fsp3) is 0.864. The molecule has 2 heterocycles. The molecule has 2 saturated carbocycles. The van der Waals surface area contributed by atoms with Gasteiger partial charge in [0.25, 0.3) is 0 Å². The van der Waals surface area contributed by atoms with E-state index in [9.17, 15) is 5.11 Å². The zero-order chi connectivity index (χ0) is 35.2. The first kappa shape index (κ1) is 38.9. The van der Waals surface area contributed by atoms with Gasteiger partial charge in [0, 0.05) is 28.7 Å². The summed E-state index contributed by atoms with van der Waals surface area (Å²) in [6, 6.07) is 11.1. The average Bonchev–Trinajstić information content (AvgIpc) is 2.94. The predicted octanol–water partition coefficient (Wildman–Crippen LogP) is 11.2. The molecule has 1 aromatic carbocycles. The van der Waals surface area contributed by atoms with Gasteiger partial charge in [0.15, 0.2) is 0 Å². The Hall–Kier alpha value is -0.900. The first-order valence-corrected chi connectivity index (χ1v) is 19.8. The number of nitrogens with zero attached hydrogens (tertiary/aromatic N) is 2. The predicted molar refractivity (Wildman–Crippen MR) is 203 cm³/mol. The summed E-state index contributed by atoms with van der Waals surface area (Å²) >= 11 is 0. The van der Waals surface area contributed by atoms with E-state index in [1.54, 1.807) is 0 Å². The number of piperidine rings is 2. The Morgan fingerprint density at radius 2 is 1.17 bits per heavy atom. The van der Waals surface area contributed by atoms with Crippen molar-refractivity contribution < 1.29 is 5.11 Å². The van der Waals surface area contributed by atoms with Crippen molar-refractivity contribution in [1.29, 1.82) is 0 Å². The Balaban J connectivity index is 0.000000229. The molecule has 6 unspecified atom stereocenters. The molecule has 2 saturated heterocycles.